The zero-order chi connectivity index (χ0) is 36.2. The molecule has 1 aliphatic heterocycles. The summed E-state index contributed by atoms with van der Waals surface area (Å²) >= 11 is 0.545. The Hall–Kier alpha value is -4.16. The number of rotatable bonds is 14. The largest absolute Gasteiger partial charge is 0.691 e. The minimum Gasteiger partial charge on any atom is -0.691 e. The minimum atomic E-state index is -4.57. The first-order chi connectivity index (χ1) is 23.9. The van der Waals surface area contributed by atoms with E-state index in [2.05, 4.69) is 46.9 Å². The van der Waals surface area contributed by atoms with Crippen molar-refractivity contribution in [3.8, 4) is 28.2 Å². The number of nitrogens with zero attached hydrogens (tertiary/aromatic N) is 2. The average Bonchev–Trinajstić information content (AvgIpc) is 3.10. The lowest BCUT2D eigenvalue weighted by atomic mass is 9.93. The summed E-state index contributed by atoms with van der Waals surface area (Å²) in [7, 11) is -7.67. The summed E-state index contributed by atoms with van der Waals surface area (Å²) in [6.45, 7) is 11.5. The van der Waals surface area contributed by atoms with Crippen LogP contribution in [-0.4, -0.2) is 54.7 Å². The summed E-state index contributed by atoms with van der Waals surface area (Å²) in [5.41, 5.74) is 3.50. The first-order valence-electron chi connectivity index (χ1n) is 15.7. The molecular formula is C34H37N3O10S3. The molecule has 0 aromatic heterocycles. The lowest BCUT2D eigenvalue weighted by Gasteiger charge is -2.23. The van der Waals surface area contributed by atoms with Gasteiger partial charge in [-0.1, -0.05) is 6.07 Å². The van der Waals surface area contributed by atoms with Gasteiger partial charge in [0.25, 0.3) is 20.1 Å². The van der Waals surface area contributed by atoms with E-state index >= 15 is 0 Å². The fraction of sp³-hybridized carbons (Fsp3) is 0.265. The predicted octanol–water partition coefficient (Wildman–Crippen LogP) is 5.15. The maximum Gasteiger partial charge on any atom is 0.294 e. The minimum absolute atomic E-state index is 0.0769. The van der Waals surface area contributed by atoms with Crippen molar-refractivity contribution in [1.82, 2.24) is 4.58 Å². The van der Waals surface area contributed by atoms with Crippen LogP contribution in [0.5, 0.6) is 5.75 Å². The first-order valence-corrected chi connectivity index (χ1v) is 19.3. The molecule has 13 nitrogen and oxygen atoms in total. The molecule has 0 atom stereocenters. The third kappa shape index (κ3) is 7.61. The van der Waals surface area contributed by atoms with Gasteiger partial charge in [-0.25, -0.2) is 13.0 Å². The zero-order valence-corrected chi connectivity index (χ0v) is 30.4. The van der Waals surface area contributed by atoms with Crippen molar-refractivity contribution in [2.75, 3.05) is 42.9 Å². The summed E-state index contributed by atoms with van der Waals surface area (Å²) in [5, 5.41) is 16.4. The van der Waals surface area contributed by atoms with E-state index in [9.17, 15) is 26.6 Å². The fourth-order valence-electron chi connectivity index (χ4n) is 5.84. The molecule has 0 saturated carbocycles. The van der Waals surface area contributed by atoms with Gasteiger partial charge < -0.3 is 19.3 Å². The summed E-state index contributed by atoms with van der Waals surface area (Å²) in [4.78, 5) is 1.76. The second-order valence-corrected chi connectivity index (χ2v) is 14.8. The van der Waals surface area contributed by atoms with Crippen molar-refractivity contribution in [2.24, 2.45) is 0 Å². The van der Waals surface area contributed by atoms with Gasteiger partial charge >= 0.3 is 0 Å². The third-order valence-corrected chi connectivity index (χ3v) is 11.2. The molecule has 2 aliphatic rings. The van der Waals surface area contributed by atoms with Crippen LogP contribution >= 0.6 is 12.0 Å². The quantitative estimate of drug-likeness (QED) is 0.0384. The topological polar surface area (TPSA) is 171 Å². The lowest BCUT2D eigenvalue weighted by molar-refractivity contribution is -0.777. The molecule has 0 fully saturated rings. The van der Waals surface area contributed by atoms with Gasteiger partial charge in [-0.05, 0) is 75.7 Å². The standard InChI is InChI=1S/C34H37N3O10S3/c1-6-36(7-2)22-10-14-26-30(18-22)45-31-19-23(37(8-3)9-4)11-15-27(31)34(26)28-16-12-24(21-33(28)48-47-46-38)49(39,40)35-29-17-13-25(50(41,42)43)20-32(29)44-5/h10-21,35H,6-9H2,1-5H3,(H-,38,41,42,43). The molecule has 0 bridgehead atoms. The molecule has 3 aromatic carbocycles. The molecule has 0 saturated heterocycles. The highest BCUT2D eigenvalue weighted by Gasteiger charge is 2.25. The van der Waals surface area contributed by atoms with E-state index in [0.717, 1.165) is 71.9 Å². The number of ether oxygens (including phenoxy) is 1. The Kier molecular flexibility index (Phi) is 11.4. The maximum absolute atomic E-state index is 13.7. The second kappa shape index (κ2) is 15.4. The van der Waals surface area contributed by atoms with Crippen LogP contribution in [0.3, 0.4) is 0 Å². The molecular weight excluding hydrogens is 707 g/mol. The predicted molar refractivity (Wildman–Crippen MR) is 190 cm³/mol. The van der Waals surface area contributed by atoms with E-state index in [0.29, 0.717) is 28.9 Å². The summed E-state index contributed by atoms with van der Waals surface area (Å²) in [6.07, 6.45) is 0. The number of nitrogens with one attached hydrogen (secondary N) is 1. The van der Waals surface area contributed by atoms with Gasteiger partial charge in [-0.15, -0.1) is 0 Å². The van der Waals surface area contributed by atoms with Gasteiger partial charge in [0.1, 0.15) is 30.2 Å². The molecule has 3 aromatic rings. The average molecular weight is 744 g/mol. The van der Waals surface area contributed by atoms with Crippen LogP contribution in [0.1, 0.15) is 27.7 Å². The molecule has 5 rings (SSSR count). The number of benzene rings is 4. The summed E-state index contributed by atoms with van der Waals surface area (Å²) in [6, 6.07) is 19.4. The summed E-state index contributed by atoms with van der Waals surface area (Å²) < 4.78 is 81.0. The maximum atomic E-state index is 13.7. The van der Waals surface area contributed by atoms with Crippen LogP contribution in [-0.2, 0) is 29.5 Å². The Morgan fingerprint density at radius 1 is 0.880 bits per heavy atom. The lowest BCUT2D eigenvalue weighted by Crippen LogP contribution is -2.29. The molecule has 0 radical (unpaired) electrons. The Bertz CT molecular complexity index is 2280. The van der Waals surface area contributed by atoms with E-state index in [4.69, 9.17) is 13.5 Å². The van der Waals surface area contributed by atoms with Crippen molar-refractivity contribution in [3.05, 3.63) is 78.2 Å². The molecule has 0 unspecified atom stereocenters. The Morgan fingerprint density at radius 3 is 2.22 bits per heavy atom. The molecule has 50 heavy (non-hydrogen) atoms. The van der Waals surface area contributed by atoms with Gasteiger partial charge in [0, 0.05) is 58.4 Å². The second-order valence-electron chi connectivity index (χ2n) is 11.0. The number of methoxy groups -OCH3 is 1. The van der Waals surface area contributed by atoms with Crippen molar-refractivity contribution >= 4 is 54.5 Å². The Balaban J connectivity index is 1.72. The van der Waals surface area contributed by atoms with E-state index in [1.165, 1.54) is 19.2 Å². The van der Waals surface area contributed by atoms with Crippen LogP contribution in [0.15, 0.2) is 91.9 Å². The van der Waals surface area contributed by atoms with Crippen molar-refractivity contribution in [1.29, 1.82) is 0 Å². The van der Waals surface area contributed by atoms with Gasteiger partial charge in [-0.2, -0.15) is 12.8 Å². The Morgan fingerprint density at radius 2 is 1.58 bits per heavy atom. The smallest absolute Gasteiger partial charge is 0.294 e. The third-order valence-electron chi connectivity index (χ3n) is 8.35. The number of sulfonamides is 1. The zero-order valence-electron chi connectivity index (χ0n) is 28.0. The van der Waals surface area contributed by atoms with Gasteiger partial charge in [-0.3, -0.25) is 14.3 Å². The highest BCUT2D eigenvalue weighted by molar-refractivity contribution is 7.95. The van der Waals surface area contributed by atoms with E-state index in [1.54, 1.807) is 6.07 Å². The number of hydrogen-bond donors (Lipinski definition) is 2. The van der Waals surface area contributed by atoms with E-state index in [-0.39, 0.29) is 21.2 Å². The van der Waals surface area contributed by atoms with Crippen LogP contribution in [0.25, 0.3) is 33.4 Å². The molecule has 16 heteroatoms. The van der Waals surface area contributed by atoms with Gasteiger partial charge in [0.05, 0.1) is 40.7 Å². The first kappa shape index (κ1) is 37.1. The Labute approximate surface area is 294 Å². The fourth-order valence-corrected chi connectivity index (χ4v) is 8.05. The van der Waals surface area contributed by atoms with E-state index in [1.807, 2.05) is 36.4 Å². The molecule has 266 valence electrons. The SMILES string of the molecule is CCN(CC)c1ccc2c(-c3ccc(S(=O)(=O)Nc4ccc(S(=O)(=O)O)cc4OC)cc3SOO[O-])c3ccc(=[N+](CC)CC)cc-3oc2c1. The van der Waals surface area contributed by atoms with E-state index < -0.39 is 25.0 Å². The number of hydrogen-bond acceptors (Lipinski definition) is 11. The van der Waals surface area contributed by atoms with Gasteiger partial charge in [0.15, 0.2) is 0 Å². The van der Waals surface area contributed by atoms with Crippen LogP contribution in [0.2, 0.25) is 0 Å². The van der Waals surface area contributed by atoms with Gasteiger partial charge in [0.2, 0.25) is 5.36 Å². The normalized spacial score (nSPS) is 12.0. The molecule has 2 N–H and O–H groups in total. The monoisotopic (exact) mass is 743 g/mol. The van der Waals surface area contributed by atoms with Crippen LogP contribution in [0, 0.1) is 0 Å². The van der Waals surface area contributed by atoms with Crippen molar-refractivity contribution in [3.63, 3.8) is 0 Å². The number of fused-ring (bicyclic) bond motifs is 2. The van der Waals surface area contributed by atoms with Crippen LogP contribution in [0.4, 0.5) is 11.4 Å². The highest BCUT2D eigenvalue weighted by Crippen LogP contribution is 2.45. The molecule has 0 amide bonds. The molecule has 1 heterocycles. The highest BCUT2D eigenvalue weighted by atomic mass is 32.2. The summed E-state index contributed by atoms with van der Waals surface area (Å²) in [5.74, 6) is 0.460. The molecule has 1 aliphatic carbocycles. The number of anilines is 2. The van der Waals surface area contributed by atoms with Crippen molar-refractivity contribution < 1.29 is 45.2 Å². The molecule has 0 spiro atoms. The van der Waals surface area contributed by atoms with Crippen LogP contribution < -0.4 is 29.5 Å². The van der Waals surface area contributed by atoms with Crippen molar-refractivity contribution in [2.45, 2.75) is 42.4 Å².